The van der Waals surface area contributed by atoms with Crippen LogP contribution in [0.15, 0.2) is 54.6 Å². The van der Waals surface area contributed by atoms with Crippen LogP contribution in [0.4, 0.5) is 4.39 Å². The fourth-order valence-electron chi connectivity index (χ4n) is 9.61. The second-order valence-corrected chi connectivity index (χ2v) is 19.8. The van der Waals surface area contributed by atoms with Gasteiger partial charge in [0.05, 0.1) is 34.8 Å². The Kier molecular flexibility index (Phi) is 14.5. The van der Waals surface area contributed by atoms with Crippen LogP contribution in [-0.4, -0.2) is 123 Å². The van der Waals surface area contributed by atoms with Crippen LogP contribution in [0, 0.1) is 11.3 Å². The Morgan fingerprint density at radius 2 is 1.89 bits per heavy atom. The highest BCUT2D eigenvalue weighted by Crippen LogP contribution is 2.42. The molecule has 4 aromatic rings. The zero-order chi connectivity index (χ0) is 47.7. The number of amides is 4. The summed E-state index contributed by atoms with van der Waals surface area (Å²) in [7, 11) is 3.07. The summed E-state index contributed by atoms with van der Waals surface area (Å²) in [6.07, 6.45) is 3.70. The van der Waals surface area contributed by atoms with Gasteiger partial charge >= 0.3 is 5.97 Å². The molecule has 15 nitrogen and oxygen atoms in total. The number of esters is 1. The first-order valence-corrected chi connectivity index (χ1v) is 23.8. The molecule has 17 heteroatoms. The van der Waals surface area contributed by atoms with E-state index < -0.39 is 58.8 Å². The Hall–Kier alpha value is -5.52. The number of carbonyl (C=O) groups excluding carboxylic acids is 5. The molecule has 1 unspecified atom stereocenters. The largest absolute Gasteiger partial charge is 0.464 e. The van der Waals surface area contributed by atoms with E-state index in [0.717, 1.165) is 50.0 Å². The van der Waals surface area contributed by atoms with Crippen molar-refractivity contribution in [2.45, 2.75) is 117 Å². The van der Waals surface area contributed by atoms with E-state index in [1.807, 2.05) is 24.4 Å². The van der Waals surface area contributed by atoms with E-state index in [9.17, 15) is 24.0 Å². The van der Waals surface area contributed by atoms with Crippen molar-refractivity contribution in [1.82, 2.24) is 40.1 Å². The van der Waals surface area contributed by atoms with Gasteiger partial charge in [0.2, 0.25) is 11.8 Å². The Morgan fingerprint density at radius 1 is 1.15 bits per heavy atom. The summed E-state index contributed by atoms with van der Waals surface area (Å²) < 4.78 is 30.6. The number of fused-ring (bicyclic) bond motifs is 6. The SMILES string of the molecule is C=CC(=O)N1CCC(F)(C(=O)N(C)C(C(=O)N[C@H]2Cc3nc(cs3)-c3ccc4c(c3)c(c(-c3cccnc3[C@H](C)OC)n4CC)CC(C)(C)COC(=O)[C@@H]3CCCN(N3)C2=O)C(C)C)CC1. The number of ether oxygens (including phenoxy) is 2. The number of benzene rings is 1. The monoisotopic (exact) mass is 926 g/mol. The molecule has 0 aliphatic carbocycles. The van der Waals surface area contributed by atoms with Gasteiger partial charge < -0.3 is 29.2 Å². The first-order chi connectivity index (χ1) is 31.4. The number of cyclic esters (lactones) is 1. The Bertz CT molecular complexity index is 2490. The number of hydrazine groups is 1. The molecule has 2 fully saturated rings. The number of hydrogen-bond acceptors (Lipinski definition) is 11. The van der Waals surface area contributed by atoms with Gasteiger partial charge in [0.25, 0.3) is 11.8 Å². The number of thiazole rings is 1. The van der Waals surface area contributed by atoms with Crippen molar-refractivity contribution in [3.8, 4) is 22.5 Å². The van der Waals surface area contributed by atoms with Gasteiger partial charge in [0, 0.05) is 98.6 Å². The summed E-state index contributed by atoms with van der Waals surface area (Å²) in [5.41, 5.74) is 6.73. The molecule has 0 radical (unpaired) electrons. The molecule has 4 atom stereocenters. The third kappa shape index (κ3) is 9.79. The van der Waals surface area contributed by atoms with E-state index in [0.29, 0.717) is 36.5 Å². The first-order valence-electron chi connectivity index (χ1n) is 22.9. The fraction of sp³-hybridized carbons (Fsp3) is 0.531. The molecule has 3 aliphatic heterocycles. The second-order valence-electron chi connectivity index (χ2n) is 18.9. The van der Waals surface area contributed by atoms with Gasteiger partial charge in [-0.3, -0.25) is 34.0 Å². The molecule has 2 N–H and O–H groups in total. The van der Waals surface area contributed by atoms with Gasteiger partial charge in [-0.1, -0.05) is 40.3 Å². The molecule has 4 amide bonds. The molecule has 2 saturated heterocycles. The summed E-state index contributed by atoms with van der Waals surface area (Å²) in [5, 5.41) is 7.83. The predicted molar refractivity (Wildman–Crippen MR) is 251 cm³/mol. The van der Waals surface area contributed by atoms with Crippen LogP contribution in [0.5, 0.6) is 0 Å². The number of nitrogens with one attached hydrogen (secondary N) is 2. The number of likely N-dealkylation sites (tertiary alicyclic amines) is 1. The topological polar surface area (TPSA) is 168 Å². The summed E-state index contributed by atoms with van der Waals surface area (Å²) >= 11 is 1.36. The lowest BCUT2D eigenvalue weighted by atomic mass is 9.84. The van der Waals surface area contributed by atoms with E-state index in [4.69, 9.17) is 19.4 Å². The molecular formula is C49H63FN8O7S. The van der Waals surface area contributed by atoms with Gasteiger partial charge in [0.1, 0.15) is 18.1 Å². The number of aromatic nitrogens is 3. The quantitative estimate of drug-likeness (QED) is 0.138. The molecular weight excluding hydrogens is 864 g/mol. The van der Waals surface area contributed by atoms with E-state index in [1.165, 1.54) is 28.3 Å². The minimum absolute atomic E-state index is 0.00470. The molecule has 1 aromatic carbocycles. The average molecular weight is 927 g/mol. The van der Waals surface area contributed by atoms with Crippen LogP contribution in [0.3, 0.4) is 0 Å². The molecule has 66 heavy (non-hydrogen) atoms. The highest BCUT2D eigenvalue weighted by molar-refractivity contribution is 7.10. The molecule has 6 heterocycles. The van der Waals surface area contributed by atoms with Crippen LogP contribution in [0.25, 0.3) is 33.4 Å². The molecule has 0 spiro atoms. The van der Waals surface area contributed by atoms with Crippen molar-refractivity contribution in [2.75, 3.05) is 40.4 Å². The average Bonchev–Trinajstić information content (AvgIpc) is 3.90. The van der Waals surface area contributed by atoms with Crippen LogP contribution >= 0.6 is 11.3 Å². The van der Waals surface area contributed by atoms with Crippen molar-refractivity contribution in [2.24, 2.45) is 11.3 Å². The standard InChI is InChI=1S/C49H63FN8O7S/c1-10-40(59)56-22-18-49(50,19-23-56)47(63)55(8)42(29(3)4)44(60)53-36-25-39-52-37(27-66-39)31-16-17-38-33(24-31)34(43(57(38)11-2)32-14-12-20-51-41(32)30(5)64-9)26-48(6,7)28-65-46(62)35-15-13-21-58(54-35)45(36)61/h10,12,14,16-17,20,24,27,29-30,35-36,42,54H,1,11,13,15,18-19,21-23,25-26,28H2,2-9H3,(H,53,60)/t30-,35-,36-,42?/m0/s1. The van der Waals surface area contributed by atoms with Crippen LogP contribution in [0.1, 0.15) is 89.6 Å². The minimum atomic E-state index is -2.29. The summed E-state index contributed by atoms with van der Waals surface area (Å²) in [4.78, 5) is 81.4. The van der Waals surface area contributed by atoms with Crippen LogP contribution in [0.2, 0.25) is 0 Å². The summed E-state index contributed by atoms with van der Waals surface area (Å²) in [6, 6.07) is 7.15. The van der Waals surface area contributed by atoms with Gasteiger partial charge in [-0.2, -0.15) is 0 Å². The molecule has 3 aromatic heterocycles. The minimum Gasteiger partial charge on any atom is -0.464 e. The maximum Gasteiger partial charge on any atom is 0.324 e. The lowest BCUT2D eigenvalue weighted by Gasteiger charge is -2.40. The number of aryl methyl sites for hydroxylation is 1. The number of carbonyl (C=O) groups is 5. The first kappa shape index (κ1) is 48.4. The number of alkyl halides is 1. The van der Waals surface area contributed by atoms with E-state index >= 15 is 4.39 Å². The van der Waals surface area contributed by atoms with E-state index in [1.54, 1.807) is 27.2 Å². The highest BCUT2D eigenvalue weighted by atomic mass is 32.1. The van der Waals surface area contributed by atoms with Crippen LogP contribution < -0.4 is 10.7 Å². The number of halogens is 1. The summed E-state index contributed by atoms with van der Waals surface area (Å²) in [5.74, 6) is -3.30. The number of hydrogen-bond donors (Lipinski definition) is 2. The van der Waals surface area contributed by atoms with Crippen LogP contribution in [-0.2, 0) is 52.8 Å². The third-order valence-corrected chi connectivity index (χ3v) is 14.1. The maximum absolute atomic E-state index is 16.4. The molecule has 0 saturated carbocycles. The Morgan fingerprint density at radius 3 is 2.58 bits per heavy atom. The number of nitrogens with zero attached hydrogens (tertiary/aromatic N) is 6. The zero-order valence-corrected chi connectivity index (χ0v) is 40.1. The Balaban J connectivity index is 1.26. The van der Waals surface area contributed by atoms with Gasteiger partial charge in [-0.05, 0) is 74.9 Å². The van der Waals surface area contributed by atoms with E-state index in [-0.39, 0.29) is 57.5 Å². The number of rotatable bonds is 10. The molecule has 3 aliphatic rings. The van der Waals surface area contributed by atoms with Crippen molar-refractivity contribution in [1.29, 1.82) is 0 Å². The number of piperidine rings is 1. The van der Waals surface area contributed by atoms with Crippen molar-refractivity contribution >= 4 is 51.8 Å². The van der Waals surface area contributed by atoms with Crippen molar-refractivity contribution < 1.29 is 37.8 Å². The normalized spacial score (nSPS) is 20.9. The number of likely N-dealkylation sites (N-methyl/N-ethyl adjacent to an activating group) is 1. The zero-order valence-electron chi connectivity index (χ0n) is 39.3. The number of pyridine rings is 1. The van der Waals surface area contributed by atoms with Gasteiger partial charge in [0.15, 0.2) is 5.67 Å². The number of methoxy groups -OCH3 is 1. The van der Waals surface area contributed by atoms with Gasteiger partial charge in [-0.15, -0.1) is 11.3 Å². The lowest BCUT2D eigenvalue weighted by molar-refractivity contribution is -0.156. The molecule has 6 bridgehead atoms. The maximum atomic E-state index is 16.4. The molecule has 354 valence electrons. The van der Waals surface area contributed by atoms with Crippen molar-refractivity contribution in [3.05, 3.63) is 70.8 Å². The smallest absolute Gasteiger partial charge is 0.324 e. The predicted octanol–water partition coefficient (Wildman–Crippen LogP) is 6.20. The van der Waals surface area contributed by atoms with E-state index in [2.05, 4.69) is 60.9 Å². The fourth-order valence-corrected chi connectivity index (χ4v) is 10.5. The summed E-state index contributed by atoms with van der Waals surface area (Å²) in [6.45, 7) is 16.4. The Labute approximate surface area is 390 Å². The van der Waals surface area contributed by atoms with Gasteiger partial charge in [-0.25, -0.2) is 14.8 Å². The third-order valence-electron chi connectivity index (χ3n) is 13.2. The van der Waals surface area contributed by atoms with Crippen molar-refractivity contribution in [3.63, 3.8) is 0 Å². The highest BCUT2D eigenvalue weighted by Gasteiger charge is 2.47. The lowest BCUT2D eigenvalue weighted by Crippen LogP contribution is -2.63. The molecule has 7 rings (SSSR count). The second kappa shape index (κ2) is 19.8.